The van der Waals surface area contributed by atoms with E-state index in [1.54, 1.807) is 0 Å². The number of rotatable bonds is 3. The highest BCUT2D eigenvalue weighted by Gasteiger charge is 2.32. The highest BCUT2D eigenvalue weighted by atomic mass is 15.2. The van der Waals surface area contributed by atoms with E-state index in [-0.39, 0.29) is 0 Å². The van der Waals surface area contributed by atoms with Gasteiger partial charge in [0.15, 0.2) is 0 Å². The Hall–Kier alpha value is -0.0800. The Morgan fingerprint density at radius 1 is 0.810 bits per heavy atom. The second-order valence-corrected chi connectivity index (χ2v) is 7.37. The first-order valence-corrected chi connectivity index (χ1v) is 9.82. The predicted molar refractivity (Wildman–Crippen MR) is 92.8 cm³/mol. The zero-order chi connectivity index (χ0) is 14.9. The third-order valence-electron chi connectivity index (χ3n) is 5.73. The van der Waals surface area contributed by atoms with Gasteiger partial charge in [-0.2, -0.15) is 0 Å². The maximum absolute atomic E-state index is 3.84. The highest BCUT2D eigenvalue weighted by Crippen LogP contribution is 2.27. The summed E-state index contributed by atoms with van der Waals surface area (Å²) in [6, 6.07) is 2.33. The lowest BCUT2D eigenvalue weighted by Crippen LogP contribution is -2.51. The van der Waals surface area contributed by atoms with E-state index in [0.29, 0.717) is 0 Å². The van der Waals surface area contributed by atoms with Crippen LogP contribution >= 0.6 is 0 Å². The fraction of sp³-hybridized carbons (Fsp3) is 1.00. The molecule has 1 saturated carbocycles. The van der Waals surface area contributed by atoms with Gasteiger partial charge in [-0.05, 0) is 45.7 Å². The Morgan fingerprint density at radius 3 is 2.00 bits per heavy atom. The molecule has 3 atom stereocenters. The largest absolute Gasteiger partial charge is 0.313 e. The summed E-state index contributed by atoms with van der Waals surface area (Å²) < 4.78 is 0. The van der Waals surface area contributed by atoms with E-state index in [0.717, 1.165) is 24.7 Å². The van der Waals surface area contributed by atoms with Crippen molar-refractivity contribution in [3.8, 4) is 0 Å². The Labute approximate surface area is 133 Å². The molecule has 2 nitrogen and oxygen atoms in total. The first kappa shape index (κ1) is 17.3. The quantitative estimate of drug-likeness (QED) is 0.809. The summed E-state index contributed by atoms with van der Waals surface area (Å²) in [5.74, 6) is 0. The predicted octanol–water partition coefficient (Wildman–Crippen LogP) is 4.73. The average molecular weight is 295 g/mol. The van der Waals surface area contributed by atoms with Crippen molar-refractivity contribution in [2.45, 2.75) is 109 Å². The maximum atomic E-state index is 3.84. The van der Waals surface area contributed by atoms with Gasteiger partial charge in [0.2, 0.25) is 0 Å². The molecule has 2 aliphatic rings. The van der Waals surface area contributed by atoms with Crippen molar-refractivity contribution in [1.29, 1.82) is 0 Å². The molecular formula is C19H38N2. The second-order valence-electron chi connectivity index (χ2n) is 7.37. The van der Waals surface area contributed by atoms with E-state index in [1.165, 1.54) is 83.6 Å². The van der Waals surface area contributed by atoms with Gasteiger partial charge >= 0.3 is 0 Å². The van der Waals surface area contributed by atoms with Gasteiger partial charge in [0.1, 0.15) is 0 Å². The zero-order valence-corrected chi connectivity index (χ0v) is 14.6. The number of nitrogens with one attached hydrogen (secondary N) is 1. The number of nitrogens with zero attached hydrogens (tertiary/aromatic N) is 1. The van der Waals surface area contributed by atoms with E-state index in [9.17, 15) is 0 Å². The molecule has 0 aromatic heterocycles. The average Bonchev–Trinajstić information content (AvgIpc) is 2.88. The van der Waals surface area contributed by atoms with E-state index in [4.69, 9.17) is 0 Å². The third-order valence-corrected chi connectivity index (χ3v) is 5.73. The molecule has 0 amide bonds. The molecule has 124 valence electrons. The van der Waals surface area contributed by atoms with Crippen LogP contribution in [-0.2, 0) is 0 Å². The van der Waals surface area contributed by atoms with Crippen LogP contribution in [0.1, 0.15) is 90.9 Å². The van der Waals surface area contributed by atoms with Crippen LogP contribution in [0.3, 0.4) is 0 Å². The Kier molecular flexibility index (Phi) is 8.10. The minimum Gasteiger partial charge on any atom is -0.313 e. The van der Waals surface area contributed by atoms with Crippen molar-refractivity contribution in [3.05, 3.63) is 0 Å². The van der Waals surface area contributed by atoms with Gasteiger partial charge in [-0.1, -0.05) is 58.3 Å². The minimum atomic E-state index is 0.731. The zero-order valence-electron chi connectivity index (χ0n) is 14.6. The van der Waals surface area contributed by atoms with E-state index < -0.39 is 0 Å². The van der Waals surface area contributed by atoms with E-state index >= 15 is 0 Å². The molecule has 1 N–H and O–H groups in total. The monoisotopic (exact) mass is 294 g/mol. The Bertz CT molecular complexity index is 266. The normalized spacial score (nSPS) is 34.3. The summed E-state index contributed by atoms with van der Waals surface area (Å²) in [5, 5.41) is 3.84. The molecule has 2 fully saturated rings. The van der Waals surface area contributed by atoms with Gasteiger partial charge < -0.3 is 5.32 Å². The van der Waals surface area contributed by atoms with E-state index in [1.807, 2.05) is 0 Å². The van der Waals surface area contributed by atoms with Crippen molar-refractivity contribution >= 4 is 0 Å². The molecule has 1 heterocycles. The molecule has 1 aliphatic carbocycles. The number of likely N-dealkylation sites (tertiary alicyclic amines) is 1. The fourth-order valence-corrected chi connectivity index (χ4v) is 4.52. The van der Waals surface area contributed by atoms with Crippen molar-refractivity contribution < 1.29 is 0 Å². The smallest absolute Gasteiger partial charge is 0.0252 e. The molecule has 0 radical (unpaired) electrons. The van der Waals surface area contributed by atoms with Crippen molar-refractivity contribution in [1.82, 2.24) is 10.2 Å². The van der Waals surface area contributed by atoms with Crippen LogP contribution in [0.2, 0.25) is 0 Å². The topological polar surface area (TPSA) is 15.3 Å². The fourth-order valence-electron chi connectivity index (χ4n) is 4.52. The minimum absolute atomic E-state index is 0.731. The van der Waals surface area contributed by atoms with Crippen molar-refractivity contribution in [2.24, 2.45) is 0 Å². The summed E-state index contributed by atoms with van der Waals surface area (Å²) in [6.45, 7) is 7.20. The SMILES string of the molecule is CCNC1CCCCCCCCCCC1N1CCCC1C. The van der Waals surface area contributed by atoms with Crippen LogP contribution in [0, 0.1) is 0 Å². The van der Waals surface area contributed by atoms with Crippen LogP contribution in [0.25, 0.3) is 0 Å². The van der Waals surface area contributed by atoms with E-state index in [2.05, 4.69) is 24.1 Å². The van der Waals surface area contributed by atoms with Crippen molar-refractivity contribution in [3.63, 3.8) is 0 Å². The second kappa shape index (κ2) is 9.84. The molecule has 0 aromatic carbocycles. The molecular weight excluding hydrogens is 256 g/mol. The maximum Gasteiger partial charge on any atom is 0.0252 e. The standard InChI is InChI=1S/C19H38N2/c1-3-20-18-14-10-8-6-4-5-7-9-11-15-19(18)21-16-12-13-17(21)2/h17-20H,3-16H2,1-2H3. The summed E-state index contributed by atoms with van der Waals surface area (Å²) in [6.07, 6.45) is 17.3. The summed E-state index contributed by atoms with van der Waals surface area (Å²) in [4.78, 5) is 2.85. The van der Waals surface area contributed by atoms with Gasteiger partial charge in [0.05, 0.1) is 0 Å². The summed E-state index contributed by atoms with van der Waals surface area (Å²) in [5.41, 5.74) is 0. The van der Waals surface area contributed by atoms with Crippen LogP contribution in [0.5, 0.6) is 0 Å². The summed E-state index contributed by atoms with van der Waals surface area (Å²) >= 11 is 0. The molecule has 1 aliphatic heterocycles. The lowest BCUT2D eigenvalue weighted by atomic mass is 9.92. The van der Waals surface area contributed by atoms with Crippen LogP contribution < -0.4 is 5.32 Å². The Morgan fingerprint density at radius 2 is 1.43 bits per heavy atom. The van der Waals surface area contributed by atoms with Crippen LogP contribution in [0.15, 0.2) is 0 Å². The molecule has 2 rings (SSSR count). The molecule has 3 unspecified atom stereocenters. The molecule has 0 spiro atoms. The number of likely N-dealkylation sites (N-methyl/N-ethyl adjacent to an activating group) is 1. The highest BCUT2D eigenvalue weighted by molar-refractivity contribution is 4.90. The lowest BCUT2D eigenvalue weighted by Gasteiger charge is -2.38. The molecule has 0 aromatic rings. The third kappa shape index (κ3) is 5.56. The first-order valence-electron chi connectivity index (χ1n) is 9.82. The lowest BCUT2D eigenvalue weighted by molar-refractivity contribution is 0.133. The molecule has 0 bridgehead atoms. The first-order chi connectivity index (χ1) is 10.3. The van der Waals surface area contributed by atoms with Gasteiger partial charge in [0, 0.05) is 18.1 Å². The molecule has 21 heavy (non-hydrogen) atoms. The van der Waals surface area contributed by atoms with Gasteiger partial charge in [0.25, 0.3) is 0 Å². The number of hydrogen-bond acceptors (Lipinski definition) is 2. The number of hydrogen-bond donors (Lipinski definition) is 1. The van der Waals surface area contributed by atoms with Gasteiger partial charge in [-0.3, -0.25) is 4.90 Å². The molecule has 1 saturated heterocycles. The van der Waals surface area contributed by atoms with Gasteiger partial charge in [-0.15, -0.1) is 0 Å². The van der Waals surface area contributed by atoms with Gasteiger partial charge in [-0.25, -0.2) is 0 Å². The van der Waals surface area contributed by atoms with Crippen molar-refractivity contribution in [2.75, 3.05) is 13.1 Å². The van der Waals surface area contributed by atoms with Crippen LogP contribution in [0.4, 0.5) is 0 Å². The van der Waals surface area contributed by atoms with Crippen LogP contribution in [-0.4, -0.2) is 36.1 Å². The molecule has 2 heteroatoms. The summed E-state index contributed by atoms with van der Waals surface area (Å²) in [7, 11) is 0. The Balaban J connectivity index is 1.99.